The summed E-state index contributed by atoms with van der Waals surface area (Å²) in [6.07, 6.45) is 0.390. The van der Waals surface area contributed by atoms with Crippen molar-refractivity contribution in [1.82, 2.24) is 20.4 Å². The normalized spacial score (nSPS) is 16.8. The molecule has 10 nitrogen and oxygen atoms in total. The monoisotopic (exact) mass is 424 g/mol. The summed E-state index contributed by atoms with van der Waals surface area (Å²) in [4.78, 5) is 38.8. The number of urea groups is 1. The first-order chi connectivity index (χ1) is 15.1. The van der Waals surface area contributed by atoms with Crippen molar-refractivity contribution in [3.63, 3.8) is 0 Å². The minimum absolute atomic E-state index is 0.139. The number of nitrogens with one attached hydrogen (secondary N) is 2. The molecule has 162 valence electrons. The Kier molecular flexibility index (Phi) is 6.37. The summed E-state index contributed by atoms with van der Waals surface area (Å²) in [7, 11) is 0. The Bertz CT molecular complexity index is 959. The smallest absolute Gasteiger partial charge is 0.324 e. The second kappa shape index (κ2) is 9.52. The van der Waals surface area contributed by atoms with Crippen LogP contribution in [0.5, 0.6) is 0 Å². The van der Waals surface area contributed by atoms with Crippen LogP contribution >= 0.6 is 0 Å². The second-order valence-electron chi connectivity index (χ2n) is 7.35. The van der Waals surface area contributed by atoms with Gasteiger partial charge in [0, 0.05) is 50.3 Å². The average molecular weight is 424 g/mol. The van der Waals surface area contributed by atoms with Crippen LogP contribution in [-0.2, 0) is 14.3 Å². The van der Waals surface area contributed by atoms with E-state index in [1.165, 1.54) is 4.90 Å². The molecule has 31 heavy (non-hydrogen) atoms. The van der Waals surface area contributed by atoms with E-state index in [9.17, 15) is 14.4 Å². The van der Waals surface area contributed by atoms with Crippen molar-refractivity contribution in [3.8, 4) is 11.3 Å². The summed E-state index contributed by atoms with van der Waals surface area (Å²) in [6.45, 7) is 3.54. The maximum absolute atomic E-state index is 12.3. The summed E-state index contributed by atoms with van der Waals surface area (Å²) in [5.74, 6) is 0.319. The lowest BCUT2D eigenvalue weighted by Crippen LogP contribution is -2.50. The van der Waals surface area contributed by atoms with Crippen molar-refractivity contribution in [3.05, 3.63) is 36.4 Å². The van der Waals surface area contributed by atoms with E-state index in [2.05, 4.69) is 25.7 Å². The molecule has 1 aromatic heterocycles. The lowest BCUT2D eigenvalue weighted by atomic mass is 10.1. The minimum Gasteiger partial charge on any atom is -0.378 e. The quantitative estimate of drug-likeness (QED) is 0.717. The first kappa shape index (κ1) is 20.7. The molecule has 2 fully saturated rings. The van der Waals surface area contributed by atoms with E-state index >= 15 is 0 Å². The van der Waals surface area contributed by atoms with Gasteiger partial charge in [0.25, 0.3) is 0 Å². The lowest BCUT2D eigenvalue weighted by molar-refractivity contribution is -0.121. The molecule has 0 aliphatic carbocycles. The Hall–Kier alpha value is -3.53. The van der Waals surface area contributed by atoms with Gasteiger partial charge in [0.15, 0.2) is 5.82 Å². The van der Waals surface area contributed by atoms with Gasteiger partial charge in [0.05, 0.1) is 18.9 Å². The number of imide groups is 1. The Morgan fingerprint density at radius 1 is 1.10 bits per heavy atom. The zero-order chi connectivity index (χ0) is 21.6. The van der Waals surface area contributed by atoms with E-state index in [1.54, 1.807) is 6.07 Å². The number of anilines is 2. The fourth-order valence-corrected chi connectivity index (χ4v) is 3.47. The van der Waals surface area contributed by atoms with Crippen LogP contribution in [0.25, 0.3) is 11.3 Å². The predicted molar refractivity (Wildman–Crippen MR) is 113 cm³/mol. The van der Waals surface area contributed by atoms with Gasteiger partial charge in [0.1, 0.15) is 0 Å². The van der Waals surface area contributed by atoms with Gasteiger partial charge in [-0.3, -0.25) is 14.9 Å². The van der Waals surface area contributed by atoms with Crippen molar-refractivity contribution < 1.29 is 19.1 Å². The highest BCUT2D eigenvalue weighted by molar-refractivity contribution is 5.97. The number of nitrogens with zero attached hydrogens (tertiary/aromatic N) is 4. The zero-order valence-corrected chi connectivity index (χ0v) is 17.0. The van der Waals surface area contributed by atoms with Crippen LogP contribution in [0.15, 0.2) is 36.4 Å². The Morgan fingerprint density at radius 2 is 1.94 bits per heavy atom. The van der Waals surface area contributed by atoms with Gasteiger partial charge in [-0.25, -0.2) is 4.79 Å². The third-order valence-electron chi connectivity index (χ3n) is 5.18. The summed E-state index contributed by atoms with van der Waals surface area (Å²) in [6, 6.07) is 10.8. The molecule has 2 aliphatic heterocycles. The number of aromatic nitrogens is 2. The molecule has 4 rings (SSSR count). The van der Waals surface area contributed by atoms with E-state index in [0.29, 0.717) is 31.1 Å². The molecule has 0 unspecified atom stereocenters. The molecule has 2 aliphatic rings. The van der Waals surface area contributed by atoms with Gasteiger partial charge < -0.3 is 19.9 Å². The van der Waals surface area contributed by atoms with E-state index in [1.807, 2.05) is 30.3 Å². The third kappa shape index (κ3) is 5.34. The second-order valence-corrected chi connectivity index (χ2v) is 7.35. The number of hydrogen-bond acceptors (Lipinski definition) is 7. The number of amides is 4. The van der Waals surface area contributed by atoms with Crippen molar-refractivity contribution in [2.75, 3.05) is 49.6 Å². The molecule has 0 bridgehead atoms. The highest BCUT2D eigenvalue weighted by Gasteiger charge is 2.23. The first-order valence-electron chi connectivity index (χ1n) is 10.2. The SMILES string of the molecule is O=C1CCN(CCC(=O)Nc2cccc(-c3ccc(N4CCOCC4)nn3)c2)C(=O)N1. The average Bonchev–Trinajstić information content (AvgIpc) is 2.79. The summed E-state index contributed by atoms with van der Waals surface area (Å²) in [5.41, 5.74) is 2.19. The predicted octanol–water partition coefficient (Wildman–Crippen LogP) is 1.25. The molecule has 0 radical (unpaired) electrons. The lowest BCUT2D eigenvalue weighted by Gasteiger charge is -2.27. The fourth-order valence-electron chi connectivity index (χ4n) is 3.47. The fraction of sp³-hybridized carbons (Fsp3) is 0.381. The molecule has 0 saturated carbocycles. The summed E-state index contributed by atoms with van der Waals surface area (Å²) in [5, 5.41) is 13.8. The molecule has 2 saturated heterocycles. The first-order valence-corrected chi connectivity index (χ1v) is 10.2. The summed E-state index contributed by atoms with van der Waals surface area (Å²) >= 11 is 0. The Labute approximate surface area is 179 Å². The number of carbonyl (C=O) groups excluding carboxylic acids is 3. The number of carbonyl (C=O) groups is 3. The van der Waals surface area contributed by atoms with Crippen LogP contribution in [0.1, 0.15) is 12.8 Å². The molecular formula is C21H24N6O4. The van der Waals surface area contributed by atoms with Gasteiger partial charge in [-0.2, -0.15) is 0 Å². The highest BCUT2D eigenvalue weighted by atomic mass is 16.5. The topological polar surface area (TPSA) is 117 Å². The molecule has 4 amide bonds. The molecule has 0 atom stereocenters. The molecule has 2 aromatic rings. The number of rotatable bonds is 6. The molecule has 10 heteroatoms. The summed E-state index contributed by atoms with van der Waals surface area (Å²) < 4.78 is 5.36. The van der Waals surface area contributed by atoms with Crippen molar-refractivity contribution in [1.29, 1.82) is 0 Å². The highest BCUT2D eigenvalue weighted by Crippen LogP contribution is 2.22. The van der Waals surface area contributed by atoms with Crippen molar-refractivity contribution >= 4 is 29.4 Å². The third-order valence-corrected chi connectivity index (χ3v) is 5.18. The van der Waals surface area contributed by atoms with Crippen LogP contribution in [0.4, 0.5) is 16.3 Å². The molecule has 2 N–H and O–H groups in total. The van der Waals surface area contributed by atoms with Crippen LogP contribution in [0.2, 0.25) is 0 Å². The maximum Gasteiger partial charge on any atom is 0.324 e. The Balaban J connectivity index is 1.34. The number of ether oxygens (including phenoxy) is 1. The van der Waals surface area contributed by atoms with Crippen LogP contribution in [0.3, 0.4) is 0 Å². The van der Waals surface area contributed by atoms with Gasteiger partial charge in [-0.15, -0.1) is 10.2 Å². The van der Waals surface area contributed by atoms with Crippen LogP contribution < -0.4 is 15.5 Å². The molecule has 0 spiro atoms. The Morgan fingerprint density at radius 3 is 2.68 bits per heavy atom. The maximum atomic E-state index is 12.3. The van der Waals surface area contributed by atoms with Crippen LogP contribution in [-0.4, -0.2) is 72.3 Å². The standard InChI is InChI=1S/C21H24N6O4/c28-19(6-8-27-9-7-20(29)23-21(27)30)22-16-3-1-2-15(14-16)17-4-5-18(25-24-17)26-10-12-31-13-11-26/h1-5,14H,6-13H2,(H,22,28)(H,23,29,30). The van der Waals surface area contributed by atoms with Crippen LogP contribution in [0, 0.1) is 0 Å². The minimum atomic E-state index is -0.454. The van der Waals surface area contributed by atoms with Gasteiger partial charge in [-0.1, -0.05) is 12.1 Å². The number of hydrogen-bond donors (Lipinski definition) is 2. The number of morpholine rings is 1. The van der Waals surface area contributed by atoms with Gasteiger partial charge in [0.2, 0.25) is 11.8 Å². The molecule has 1 aromatic carbocycles. The van der Waals surface area contributed by atoms with E-state index in [-0.39, 0.29) is 31.2 Å². The molecule has 3 heterocycles. The zero-order valence-electron chi connectivity index (χ0n) is 17.0. The largest absolute Gasteiger partial charge is 0.378 e. The van der Waals surface area contributed by atoms with Crippen molar-refractivity contribution in [2.24, 2.45) is 0 Å². The van der Waals surface area contributed by atoms with Gasteiger partial charge in [-0.05, 0) is 24.3 Å². The van der Waals surface area contributed by atoms with E-state index in [0.717, 1.165) is 24.5 Å². The van der Waals surface area contributed by atoms with Gasteiger partial charge >= 0.3 is 6.03 Å². The van der Waals surface area contributed by atoms with Crippen molar-refractivity contribution in [2.45, 2.75) is 12.8 Å². The number of benzene rings is 1. The van der Waals surface area contributed by atoms with E-state index in [4.69, 9.17) is 4.74 Å². The molecular weight excluding hydrogens is 400 g/mol. The van der Waals surface area contributed by atoms with E-state index < -0.39 is 6.03 Å².